The van der Waals surface area contributed by atoms with Crippen LogP contribution >= 0.6 is 0 Å². The SMILES string of the molecule is O=C(O)CCC1CCCCN1C(=O)c1cn(-c2cccc(C(F)(F)F)c2)nn1. The van der Waals surface area contributed by atoms with Crippen molar-refractivity contribution >= 4 is 11.9 Å². The van der Waals surface area contributed by atoms with Gasteiger partial charge in [-0.1, -0.05) is 11.3 Å². The minimum atomic E-state index is -4.49. The number of piperidine rings is 1. The fourth-order valence-corrected chi connectivity index (χ4v) is 3.32. The predicted molar refractivity (Wildman–Crippen MR) is 91.9 cm³/mol. The first-order valence-electron chi connectivity index (χ1n) is 8.88. The molecule has 1 N–H and O–H groups in total. The Balaban J connectivity index is 1.79. The Bertz CT molecular complexity index is 866. The zero-order valence-electron chi connectivity index (χ0n) is 14.9. The maximum atomic E-state index is 12.9. The minimum absolute atomic E-state index is 0.0136. The molecule has 1 aliphatic heterocycles. The Morgan fingerprint density at radius 2 is 2.04 bits per heavy atom. The number of carboxylic acid groups (broad SMARTS) is 1. The first kappa shape index (κ1) is 19.8. The first-order valence-corrected chi connectivity index (χ1v) is 8.88. The van der Waals surface area contributed by atoms with E-state index in [1.54, 1.807) is 4.90 Å². The highest BCUT2D eigenvalue weighted by Crippen LogP contribution is 2.30. The van der Waals surface area contributed by atoms with Crippen LogP contribution in [0.4, 0.5) is 13.2 Å². The number of aliphatic carboxylic acids is 1. The molecule has 0 bridgehead atoms. The van der Waals surface area contributed by atoms with Gasteiger partial charge < -0.3 is 10.0 Å². The number of carboxylic acids is 1. The molecule has 28 heavy (non-hydrogen) atoms. The fraction of sp³-hybridized carbons (Fsp3) is 0.444. The normalized spacial score (nSPS) is 17.5. The van der Waals surface area contributed by atoms with Crippen LogP contribution in [-0.2, 0) is 11.0 Å². The molecule has 7 nitrogen and oxygen atoms in total. The first-order chi connectivity index (χ1) is 13.3. The molecule has 10 heteroatoms. The summed E-state index contributed by atoms with van der Waals surface area (Å²) in [4.78, 5) is 25.2. The molecule has 3 rings (SSSR count). The summed E-state index contributed by atoms with van der Waals surface area (Å²) >= 11 is 0. The van der Waals surface area contributed by atoms with Crippen LogP contribution in [0.2, 0.25) is 0 Å². The number of rotatable bonds is 5. The smallest absolute Gasteiger partial charge is 0.416 e. The van der Waals surface area contributed by atoms with Crippen molar-refractivity contribution in [2.75, 3.05) is 6.54 Å². The summed E-state index contributed by atoms with van der Waals surface area (Å²) in [7, 11) is 0. The molecular formula is C18H19F3N4O3. The number of benzene rings is 1. The van der Waals surface area contributed by atoms with Crippen molar-refractivity contribution in [1.82, 2.24) is 19.9 Å². The van der Waals surface area contributed by atoms with Crippen LogP contribution in [0.25, 0.3) is 5.69 Å². The van der Waals surface area contributed by atoms with Gasteiger partial charge in [0, 0.05) is 19.0 Å². The summed E-state index contributed by atoms with van der Waals surface area (Å²) in [6.07, 6.45) is -0.460. The Morgan fingerprint density at radius 1 is 1.25 bits per heavy atom. The molecule has 1 aliphatic rings. The highest BCUT2D eigenvalue weighted by molar-refractivity contribution is 5.92. The van der Waals surface area contributed by atoms with Crippen molar-refractivity contribution in [3.8, 4) is 5.69 Å². The van der Waals surface area contributed by atoms with Crippen LogP contribution in [0.1, 0.15) is 48.2 Å². The molecule has 150 valence electrons. The Labute approximate surface area is 158 Å². The third-order valence-corrected chi connectivity index (χ3v) is 4.73. The van der Waals surface area contributed by atoms with Crippen LogP contribution in [-0.4, -0.2) is 49.5 Å². The highest BCUT2D eigenvalue weighted by Gasteiger charge is 2.31. The molecule has 0 aliphatic carbocycles. The molecule has 2 heterocycles. The highest BCUT2D eigenvalue weighted by atomic mass is 19.4. The van der Waals surface area contributed by atoms with Crippen molar-refractivity contribution < 1.29 is 27.9 Å². The molecule has 1 aromatic carbocycles. The minimum Gasteiger partial charge on any atom is -0.481 e. The van der Waals surface area contributed by atoms with Gasteiger partial charge in [0.05, 0.1) is 17.4 Å². The zero-order valence-corrected chi connectivity index (χ0v) is 14.9. The summed E-state index contributed by atoms with van der Waals surface area (Å²) in [5.41, 5.74) is -0.666. The summed E-state index contributed by atoms with van der Waals surface area (Å²) in [5, 5.41) is 16.5. The van der Waals surface area contributed by atoms with E-state index < -0.39 is 23.6 Å². The number of halogens is 3. The lowest BCUT2D eigenvalue weighted by atomic mass is 9.97. The molecule has 1 fully saturated rings. The third kappa shape index (κ3) is 4.49. The lowest BCUT2D eigenvalue weighted by molar-refractivity contribution is -0.138. The van der Waals surface area contributed by atoms with Crippen LogP contribution in [0.3, 0.4) is 0 Å². The van der Waals surface area contributed by atoms with Gasteiger partial charge in [-0.2, -0.15) is 13.2 Å². The van der Waals surface area contributed by atoms with E-state index in [1.165, 1.54) is 18.3 Å². The number of hydrogen-bond acceptors (Lipinski definition) is 4. The molecular weight excluding hydrogens is 377 g/mol. The van der Waals surface area contributed by atoms with Gasteiger partial charge in [0.15, 0.2) is 5.69 Å². The summed E-state index contributed by atoms with van der Waals surface area (Å²) in [5.74, 6) is -1.32. The molecule has 1 saturated heterocycles. The summed E-state index contributed by atoms with van der Waals surface area (Å²) < 4.78 is 39.8. The predicted octanol–water partition coefficient (Wildman–Crippen LogP) is 3.15. The van der Waals surface area contributed by atoms with Crippen molar-refractivity contribution in [1.29, 1.82) is 0 Å². The van der Waals surface area contributed by atoms with Crippen molar-refractivity contribution in [2.24, 2.45) is 0 Å². The molecule has 1 aromatic heterocycles. The number of likely N-dealkylation sites (tertiary alicyclic amines) is 1. The van der Waals surface area contributed by atoms with E-state index >= 15 is 0 Å². The van der Waals surface area contributed by atoms with Gasteiger partial charge in [-0.15, -0.1) is 5.10 Å². The quantitative estimate of drug-likeness (QED) is 0.839. The second-order valence-corrected chi connectivity index (χ2v) is 6.68. The monoisotopic (exact) mass is 396 g/mol. The molecule has 2 aromatic rings. The Hall–Kier alpha value is -2.91. The number of nitrogens with zero attached hydrogens (tertiary/aromatic N) is 4. The molecule has 0 spiro atoms. The number of hydrogen-bond donors (Lipinski definition) is 1. The van der Waals surface area contributed by atoms with Gasteiger partial charge in [0.25, 0.3) is 5.91 Å². The zero-order chi connectivity index (χ0) is 20.3. The van der Waals surface area contributed by atoms with Gasteiger partial charge in [0.2, 0.25) is 0 Å². The number of aromatic nitrogens is 3. The van der Waals surface area contributed by atoms with Crippen molar-refractivity contribution in [3.63, 3.8) is 0 Å². The number of carbonyl (C=O) groups excluding carboxylic acids is 1. The van der Waals surface area contributed by atoms with Crippen molar-refractivity contribution in [2.45, 2.75) is 44.3 Å². The number of amides is 1. The summed E-state index contributed by atoms with van der Waals surface area (Å²) in [6, 6.07) is 4.38. The second kappa shape index (κ2) is 7.99. The van der Waals surface area contributed by atoms with Gasteiger partial charge in [-0.05, 0) is 43.9 Å². The van der Waals surface area contributed by atoms with E-state index in [4.69, 9.17) is 5.11 Å². The van der Waals surface area contributed by atoms with E-state index in [0.29, 0.717) is 19.4 Å². The standard InChI is InChI=1S/C18H19F3N4O3/c19-18(20,21)12-4-3-6-14(10-12)25-11-15(22-23-25)17(28)24-9-2-1-5-13(24)7-8-16(26)27/h3-4,6,10-11,13H,1-2,5,7-9H2,(H,26,27). The molecule has 0 saturated carbocycles. The average Bonchev–Trinajstić information content (AvgIpc) is 3.16. The molecule has 1 unspecified atom stereocenters. The van der Waals surface area contributed by atoms with Crippen LogP contribution in [0.15, 0.2) is 30.5 Å². The largest absolute Gasteiger partial charge is 0.481 e. The molecule has 1 amide bonds. The number of alkyl halides is 3. The second-order valence-electron chi connectivity index (χ2n) is 6.68. The van der Waals surface area contributed by atoms with E-state index in [2.05, 4.69) is 10.3 Å². The van der Waals surface area contributed by atoms with Gasteiger partial charge in [0.1, 0.15) is 0 Å². The fourth-order valence-electron chi connectivity index (χ4n) is 3.32. The van der Waals surface area contributed by atoms with E-state index in [-0.39, 0.29) is 23.8 Å². The lowest BCUT2D eigenvalue weighted by Crippen LogP contribution is -2.44. The maximum Gasteiger partial charge on any atom is 0.416 e. The van der Waals surface area contributed by atoms with Gasteiger partial charge >= 0.3 is 12.1 Å². The van der Waals surface area contributed by atoms with E-state index in [9.17, 15) is 22.8 Å². The average molecular weight is 396 g/mol. The van der Waals surface area contributed by atoms with Gasteiger partial charge in [-0.25, -0.2) is 4.68 Å². The van der Waals surface area contributed by atoms with E-state index in [0.717, 1.165) is 29.7 Å². The summed E-state index contributed by atoms with van der Waals surface area (Å²) in [6.45, 7) is 0.486. The number of carbonyl (C=O) groups is 2. The van der Waals surface area contributed by atoms with Crippen molar-refractivity contribution in [3.05, 3.63) is 41.7 Å². The van der Waals surface area contributed by atoms with Crippen LogP contribution < -0.4 is 0 Å². The molecule has 1 atom stereocenters. The Morgan fingerprint density at radius 3 is 2.75 bits per heavy atom. The van der Waals surface area contributed by atoms with Crippen LogP contribution in [0.5, 0.6) is 0 Å². The topological polar surface area (TPSA) is 88.3 Å². The molecule has 0 radical (unpaired) electrons. The van der Waals surface area contributed by atoms with Gasteiger partial charge in [-0.3, -0.25) is 9.59 Å². The Kier molecular flexibility index (Phi) is 5.66. The third-order valence-electron chi connectivity index (χ3n) is 4.73. The lowest BCUT2D eigenvalue weighted by Gasteiger charge is -2.35. The maximum absolute atomic E-state index is 12.9. The van der Waals surface area contributed by atoms with Crippen LogP contribution in [0, 0.1) is 0 Å². The van der Waals surface area contributed by atoms with E-state index in [1.807, 2.05) is 0 Å².